The van der Waals surface area contributed by atoms with Gasteiger partial charge in [-0.15, -0.1) is 0 Å². The van der Waals surface area contributed by atoms with Gasteiger partial charge in [0.1, 0.15) is 0 Å². The Balaban J connectivity index is 1.96. The maximum absolute atomic E-state index is 11.8. The first kappa shape index (κ1) is 15.5. The topological polar surface area (TPSA) is 17.1 Å². The largest absolute Gasteiger partial charge is 0.295 e. The number of unbranched alkanes of at least 4 members (excludes halogenated alkanes) is 7. The van der Waals surface area contributed by atoms with Gasteiger partial charge in [0.15, 0.2) is 5.78 Å². The number of carbonyl (C=O) groups excluding carboxylic acids is 1. The van der Waals surface area contributed by atoms with Crippen LogP contribution in [0, 0.1) is 5.92 Å². The SMILES string of the molecule is CCCCCCCCCCC1CCCC=CC1=O. The Morgan fingerprint density at radius 1 is 1.06 bits per heavy atom. The van der Waals surface area contributed by atoms with Gasteiger partial charge >= 0.3 is 0 Å². The quantitative estimate of drug-likeness (QED) is 0.498. The van der Waals surface area contributed by atoms with E-state index in [1.54, 1.807) is 0 Å². The Morgan fingerprint density at radius 3 is 2.44 bits per heavy atom. The normalized spacial score (nSPS) is 20.1. The van der Waals surface area contributed by atoms with Crippen molar-refractivity contribution in [3.05, 3.63) is 12.2 Å². The molecule has 0 aromatic rings. The maximum atomic E-state index is 11.8. The van der Waals surface area contributed by atoms with E-state index in [1.165, 1.54) is 57.8 Å². The molecule has 0 heterocycles. The Labute approximate surface area is 113 Å². The first-order valence-electron chi connectivity index (χ1n) is 8.05. The summed E-state index contributed by atoms with van der Waals surface area (Å²) in [5.74, 6) is 0.722. The minimum Gasteiger partial charge on any atom is -0.295 e. The highest BCUT2D eigenvalue weighted by atomic mass is 16.1. The first-order valence-corrected chi connectivity index (χ1v) is 8.05. The van der Waals surface area contributed by atoms with Gasteiger partial charge in [0.05, 0.1) is 0 Å². The number of allylic oxidation sites excluding steroid dienone is 2. The van der Waals surface area contributed by atoms with Crippen molar-refractivity contribution in [2.24, 2.45) is 5.92 Å². The third kappa shape index (κ3) is 6.98. The average Bonchev–Trinajstić information content (AvgIpc) is 2.58. The molecule has 0 saturated carbocycles. The lowest BCUT2D eigenvalue weighted by Gasteiger charge is -2.11. The lowest BCUT2D eigenvalue weighted by atomic mass is 9.93. The number of hydrogen-bond acceptors (Lipinski definition) is 1. The minimum absolute atomic E-state index is 0.337. The maximum Gasteiger partial charge on any atom is 0.158 e. The smallest absolute Gasteiger partial charge is 0.158 e. The molecule has 0 aliphatic heterocycles. The molecule has 0 N–H and O–H groups in total. The molecule has 1 heteroatoms. The van der Waals surface area contributed by atoms with Crippen molar-refractivity contribution in [3.63, 3.8) is 0 Å². The summed E-state index contributed by atoms with van der Waals surface area (Å²) >= 11 is 0. The van der Waals surface area contributed by atoms with E-state index >= 15 is 0 Å². The van der Waals surface area contributed by atoms with Gasteiger partial charge < -0.3 is 0 Å². The Bertz CT molecular complexity index is 242. The van der Waals surface area contributed by atoms with Crippen LogP contribution in [0.25, 0.3) is 0 Å². The summed E-state index contributed by atoms with van der Waals surface area (Å²) in [4.78, 5) is 11.8. The number of hydrogen-bond donors (Lipinski definition) is 0. The lowest BCUT2D eigenvalue weighted by molar-refractivity contribution is -0.118. The van der Waals surface area contributed by atoms with E-state index in [2.05, 4.69) is 13.0 Å². The van der Waals surface area contributed by atoms with Crippen LogP contribution in [0.4, 0.5) is 0 Å². The fraction of sp³-hybridized carbons (Fsp3) is 0.824. The van der Waals surface area contributed by atoms with E-state index in [1.807, 2.05) is 6.08 Å². The highest BCUT2D eigenvalue weighted by Gasteiger charge is 2.16. The molecule has 18 heavy (non-hydrogen) atoms. The van der Waals surface area contributed by atoms with Crippen molar-refractivity contribution in [1.29, 1.82) is 0 Å². The lowest BCUT2D eigenvalue weighted by Crippen LogP contribution is -2.10. The van der Waals surface area contributed by atoms with Gasteiger partial charge in [0.25, 0.3) is 0 Å². The summed E-state index contributed by atoms with van der Waals surface area (Å²) in [6.07, 6.45) is 19.3. The minimum atomic E-state index is 0.337. The second-order valence-corrected chi connectivity index (χ2v) is 5.70. The van der Waals surface area contributed by atoms with E-state index in [9.17, 15) is 4.79 Å². The van der Waals surface area contributed by atoms with Crippen LogP contribution >= 0.6 is 0 Å². The Kier molecular flexibility index (Phi) is 8.89. The third-order valence-corrected chi connectivity index (χ3v) is 4.01. The summed E-state index contributed by atoms with van der Waals surface area (Å²) in [5.41, 5.74) is 0. The van der Waals surface area contributed by atoms with Crippen molar-refractivity contribution >= 4 is 5.78 Å². The summed E-state index contributed by atoms with van der Waals surface area (Å²) in [6.45, 7) is 2.26. The van der Waals surface area contributed by atoms with Crippen LogP contribution in [-0.2, 0) is 4.79 Å². The van der Waals surface area contributed by atoms with Crippen LogP contribution in [0.3, 0.4) is 0 Å². The molecule has 0 bridgehead atoms. The van der Waals surface area contributed by atoms with Crippen LogP contribution in [0.1, 0.15) is 84.0 Å². The molecule has 0 saturated heterocycles. The molecular formula is C17H30O. The van der Waals surface area contributed by atoms with Crippen LogP contribution in [0.5, 0.6) is 0 Å². The summed E-state index contributed by atoms with van der Waals surface area (Å²) in [7, 11) is 0. The second kappa shape index (κ2) is 10.3. The highest BCUT2D eigenvalue weighted by molar-refractivity contribution is 5.91. The van der Waals surface area contributed by atoms with E-state index in [0.29, 0.717) is 11.7 Å². The molecule has 1 aliphatic rings. The second-order valence-electron chi connectivity index (χ2n) is 5.70. The molecule has 0 radical (unpaired) electrons. The van der Waals surface area contributed by atoms with Gasteiger partial charge in [0, 0.05) is 5.92 Å². The molecule has 0 amide bonds. The molecule has 1 rings (SSSR count). The Hall–Kier alpha value is -0.590. The molecule has 1 aliphatic carbocycles. The molecule has 0 aromatic heterocycles. The van der Waals surface area contributed by atoms with Crippen molar-refractivity contribution in [3.8, 4) is 0 Å². The van der Waals surface area contributed by atoms with Gasteiger partial charge in [-0.3, -0.25) is 4.79 Å². The van der Waals surface area contributed by atoms with Crippen LogP contribution in [0.15, 0.2) is 12.2 Å². The summed E-state index contributed by atoms with van der Waals surface area (Å²) in [6, 6.07) is 0. The van der Waals surface area contributed by atoms with E-state index in [4.69, 9.17) is 0 Å². The molecule has 1 atom stereocenters. The molecule has 0 fully saturated rings. The first-order chi connectivity index (χ1) is 8.84. The van der Waals surface area contributed by atoms with Crippen LogP contribution in [0.2, 0.25) is 0 Å². The fourth-order valence-corrected chi connectivity index (χ4v) is 2.77. The fourth-order valence-electron chi connectivity index (χ4n) is 2.77. The zero-order chi connectivity index (χ0) is 13.1. The van der Waals surface area contributed by atoms with E-state index < -0.39 is 0 Å². The van der Waals surface area contributed by atoms with Crippen molar-refractivity contribution in [1.82, 2.24) is 0 Å². The van der Waals surface area contributed by atoms with E-state index in [0.717, 1.165) is 19.3 Å². The number of carbonyl (C=O) groups is 1. The van der Waals surface area contributed by atoms with Gasteiger partial charge in [0.2, 0.25) is 0 Å². The van der Waals surface area contributed by atoms with Gasteiger partial charge in [-0.25, -0.2) is 0 Å². The zero-order valence-electron chi connectivity index (χ0n) is 12.1. The zero-order valence-corrected chi connectivity index (χ0v) is 12.1. The molecule has 0 spiro atoms. The highest BCUT2D eigenvalue weighted by Crippen LogP contribution is 2.21. The summed E-state index contributed by atoms with van der Waals surface area (Å²) in [5, 5.41) is 0. The number of rotatable bonds is 9. The third-order valence-electron chi connectivity index (χ3n) is 4.01. The summed E-state index contributed by atoms with van der Waals surface area (Å²) < 4.78 is 0. The number of ketones is 1. The van der Waals surface area contributed by atoms with Crippen molar-refractivity contribution in [2.45, 2.75) is 84.0 Å². The van der Waals surface area contributed by atoms with E-state index in [-0.39, 0.29) is 0 Å². The van der Waals surface area contributed by atoms with Crippen molar-refractivity contribution < 1.29 is 4.79 Å². The molecule has 1 unspecified atom stereocenters. The van der Waals surface area contributed by atoms with Crippen LogP contribution < -0.4 is 0 Å². The van der Waals surface area contributed by atoms with Gasteiger partial charge in [-0.1, -0.05) is 64.4 Å². The molecule has 104 valence electrons. The van der Waals surface area contributed by atoms with Crippen LogP contribution in [-0.4, -0.2) is 5.78 Å². The molecule has 0 aromatic carbocycles. The standard InChI is InChI=1S/C17H30O/c1-2-3-4-5-6-7-8-10-13-16-14-11-9-12-15-17(16)18/h12,15-16H,2-11,13-14H2,1H3. The Morgan fingerprint density at radius 2 is 1.72 bits per heavy atom. The predicted molar refractivity (Wildman–Crippen MR) is 78.7 cm³/mol. The van der Waals surface area contributed by atoms with Gasteiger partial charge in [-0.2, -0.15) is 0 Å². The average molecular weight is 250 g/mol. The molecular weight excluding hydrogens is 220 g/mol. The van der Waals surface area contributed by atoms with Crippen molar-refractivity contribution in [2.75, 3.05) is 0 Å². The monoisotopic (exact) mass is 250 g/mol. The van der Waals surface area contributed by atoms with Gasteiger partial charge in [-0.05, 0) is 31.8 Å². The molecule has 1 nitrogen and oxygen atoms in total. The predicted octanol–water partition coefficient (Wildman–Crippen LogP) is 5.44.